The third-order valence-electron chi connectivity index (χ3n) is 5.75. The fourth-order valence-electron chi connectivity index (χ4n) is 3.94. The molecule has 3 aromatic rings. The maximum atomic E-state index is 12.9. The van der Waals surface area contributed by atoms with Gasteiger partial charge in [0.15, 0.2) is 0 Å². The zero-order valence-corrected chi connectivity index (χ0v) is 17.9. The number of hydrogen-bond donors (Lipinski definition) is 0. The van der Waals surface area contributed by atoms with Gasteiger partial charge in [-0.1, -0.05) is 12.1 Å². The van der Waals surface area contributed by atoms with Crippen LogP contribution in [0.3, 0.4) is 0 Å². The number of nitriles is 1. The molecule has 5 rings (SSSR count). The van der Waals surface area contributed by atoms with E-state index in [-0.39, 0.29) is 35.2 Å². The first kappa shape index (κ1) is 21.8. The van der Waals surface area contributed by atoms with Crippen molar-refractivity contribution in [3.63, 3.8) is 0 Å². The summed E-state index contributed by atoms with van der Waals surface area (Å²) in [6, 6.07) is 13.3. The highest BCUT2D eigenvalue weighted by atomic mass is 19.4. The molecule has 2 heterocycles. The van der Waals surface area contributed by atoms with Crippen molar-refractivity contribution in [2.75, 3.05) is 11.4 Å². The summed E-state index contributed by atoms with van der Waals surface area (Å²) in [6.45, 7) is 1.44. The molecular formula is C24H19F3N4O3. The molecule has 1 aromatic heterocycles. The van der Waals surface area contributed by atoms with Gasteiger partial charge in [0, 0.05) is 25.2 Å². The second-order valence-electron chi connectivity index (χ2n) is 8.17. The van der Waals surface area contributed by atoms with E-state index in [9.17, 15) is 23.2 Å². The van der Waals surface area contributed by atoms with Crippen molar-refractivity contribution in [3.05, 3.63) is 75.7 Å². The summed E-state index contributed by atoms with van der Waals surface area (Å²) in [7, 11) is 0. The van der Waals surface area contributed by atoms with Gasteiger partial charge in [-0.15, -0.1) is 0 Å². The number of anilines is 1. The van der Waals surface area contributed by atoms with Crippen LogP contribution < -0.4 is 20.1 Å². The lowest BCUT2D eigenvalue weighted by molar-refractivity contribution is -0.137. The van der Waals surface area contributed by atoms with E-state index in [0.717, 1.165) is 37.3 Å². The number of fused-ring (bicyclic) bond motifs is 1. The monoisotopic (exact) mass is 468 g/mol. The molecule has 7 nitrogen and oxygen atoms in total. The summed E-state index contributed by atoms with van der Waals surface area (Å²) in [5, 5.41) is 9.51. The molecule has 1 aliphatic carbocycles. The molecule has 2 aliphatic rings. The van der Waals surface area contributed by atoms with Crippen LogP contribution in [0.4, 0.5) is 19.0 Å². The van der Waals surface area contributed by atoms with Crippen LogP contribution in [-0.2, 0) is 19.3 Å². The van der Waals surface area contributed by atoms with Gasteiger partial charge in [0.2, 0.25) is 5.88 Å². The minimum absolute atomic E-state index is 0.0293. The molecule has 34 heavy (non-hydrogen) atoms. The number of aromatic nitrogens is 2. The van der Waals surface area contributed by atoms with E-state index >= 15 is 0 Å². The van der Waals surface area contributed by atoms with Crippen molar-refractivity contribution in [1.29, 1.82) is 5.26 Å². The van der Waals surface area contributed by atoms with Gasteiger partial charge in [0.1, 0.15) is 30.0 Å². The first-order valence-corrected chi connectivity index (χ1v) is 10.7. The smallest absolute Gasteiger partial charge is 0.416 e. The molecule has 0 saturated heterocycles. The Morgan fingerprint density at radius 2 is 1.94 bits per heavy atom. The number of alkyl halides is 3. The average molecular weight is 468 g/mol. The summed E-state index contributed by atoms with van der Waals surface area (Å²) in [5.74, 6) is 1.10. The van der Waals surface area contributed by atoms with E-state index in [1.165, 1.54) is 24.3 Å². The Bertz CT molecular complexity index is 1340. The Morgan fingerprint density at radius 3 is 2.68 bits per heavy atom. The van der Waals surface area contributed by atoms with Crippen molar-refractivity contribution in [3.8, 4) is 23.4 Å². The lowest BCUT2D eigenvalue weighted by atomic mass is 10.1. The van der Waals surface area contributed by atoms with Crippen molar-refractivity contribution in [2.24, 2.45) is 0 Å². The van der Waals surface area contributed by atoms with Crippen LogP contribution in [0, 0.1) is 11.3 Å². The first-order chi connectivity index (χ1) is 16.3. The molecule has 1 fully saturated rings. The van der Waals surface area contributed by atoms with Gasteiger partial charge < -0.3 is 14.4 Å². The SMILES string of the molecule is N#Cc1cc(COc2cc3n(c(=O)n2)CCN3C2CC2)ccc1Oc1cccc(C(F)(F)F)c1. The fraction of sp³-hybridized carbons (Fsp3) is 0.292. The molecule has 1 aliphatic heterocycles. The summed E-state index contributed by atoms with van der Waals surface area (Å²) in [6.07, 6.45) is -2.28. The highest BCUT2D eigenvalue weighted by Gasteiger charge is 2.34. The van der Waals surface area contributed by atoms with E-state index in [4.69, 9.17) is 9.47 Å². The van der Waals surface area contributed by atoms with Crippen LogP contribution >= 0.6 is 0 Å². The van der Waals surface area contributed by atoms with E-state index in [2.05, 4.69) is 9.88 Å². The average Bonchev–Trinajstić information content (AvgIpc) is 3.56. The molecule has 10 heteroatoms. The van der Waals surface area contributed by atoms with Crippen LogP contribution in [0.25, 0.3) is 0 Å². The minimum Gasteiger partial charge on any atom is -0.473 e. The molecule has 2 aromatic carbocycles. The molecule has 174 valence electrons. The predicted molar refractivity (Wildman–Crippen MR) is 116 cm³/mol. The van der Waals surface area contributed by atoms with Gasteiger partial charge in [-0.3, -0.25) is 4.57 Å². The molecule has 0 bridgehead atoms. The lowest BCUT2D eigenvalue weighted by Gasteiger charge is -2.17. The highest BCUT2D eigenvalue weighted by molar-refractivity contribution is 5.49. The second-order valence-corrected chi connectivity index (χ2v) is 8.17. The quantitative estimate of drug-likeness (QED) is 0.531. The number of ether oxygens (including phenoxy) is 2. The molecule has 0 spiro atoms. The third kappa shape index (κ3) is 4.41. The first-order valence-electron chi connectivity index (χ1n) is 10.7. The number of halogens is 3. The molecule has 0 amide bonds. The Hall–Kier alpha value is -4.00. The van der Waals surface area contributed by atoms with Crippen LogP contribution in [0.2, 0.25) is 0 Å². The number of hydrogen-bond acceptors (Lipinski definition) is 6. The molecular weight excluding hydrogens is 449 g/mol. The van der Waals surface area contributed by atoms with Crippen molar-refractivity contribution < 1.29 is 22.6 Å². The van der Waals surface area contributed by atoms with E-state index < -0.39 is 11.7 Å². The summed E-state index contributed by atoms with van der Waals surface area (Å²) < 4.78 is 51.7. The number of rotatable bonds is 6. The second kappa shape index (κ2) is 8.41. The molecule has 1 saturated carbocycles. The van der Waals surface area contributed by atoms with Crippen molar-refractivity contribution in [1.82, 2.24) is 9.55 Å². The highest BCUT2D eigenvalue weighted by Crippen LogP contribution is 2.35. The van der Waals surface area contributed by atoms with Crippen molar-refractivity contribution >= 4 is 5.82 Å². The normalized spacial score (nSPS) is 15.1. The Labute approximate surface area is 192 Å². The molecule has 0 N–H and O–H groups in total. The van der Waals surface area contributed by atoms with Gasteiger partial charge in [-0.25, -0.2) is 4.79 Å². The van der Waals surface area contributed by atoms with Crippen LogP contribution in [0.5, 0.6) is 17.4 Å². The molecule has 0 radical (unpaired) electrons. The maximum absolute atomic E-state index is 12.9. The predicted octanol–water partition coefficient (Wildman–Crippen LogP) is 4.49. The topological polar surface area (TPSA) is 80.4 Å². The van der Waals surface area contributed by atoms with Crippen LogP contribution in [0.1, 0.15) is 29.5 Å². The largest absolute Gasteiger partial charge is 0.473 e. The van der Waals surface area contributed by atoms with Gasteiger partial charge in [-0.2, -0.15) is 23.4 Å². The summed E-state index contributed by atoms with van der Waals surface area (Å²) in [5.41, 5.74) is -0.445. The zero-order chi connectivity index (χ0) is 23.9. The van der Waals surface area contributed by atoms with Gasteiger partial charge in [0.05, 0.1) is 11.1 Å². The third-order valence-corrected chi connectivity index (χ3v) is 5.75. The Kier molecular flexibility index (Phi) is 5.40. The number of benzene rings is 2. The van der Waals surface area contributed by atoms with Crippen molar-refractivity contribution in [2.45, 2.75) is 38.2 Å². The lowest BCUT2D eigenvalue weighted by Crippen LogP contribution is -2.24. The number of nitrogens with zero attached hydrogens (tertiary/aromatic N) is 4. The summed E-state index contributed by atoms with van der Waals surface area (Å²) >= 11 is 0. The minimum atomic E-state index is -4.50. The Balaban J connectivity index is 1.31. The van der Waals surface area contributed by atoms with E-state index in [1.807, 2.05) is 6.07 Å². The van der Waals surface area contributed by atoms with E-state index in [0.29, 0.717) is 18.2 Å². The van der Waals surface area contributed by atoms with Gasteiger partial charge in [-0.05, 0) is 48.7 Å². The molecule has 0 atom stereocenters. The van der Waals surface area contributed by atoms with Crippen LogP contribution in [0.15, 0.2) is 53.3 Å². The Morgan fingerprint density at radius 1 is 1.12 bits per heavy atom. The van der Waals surface area contributed by atoms with Gasteiger partial charge >= 0.3 is 11.9 Å². The maximum Gasteiger partial charge on any atom is 0.416 e. The zero-order valence-electron chi connectivity index (χ0n) is 17.9. The standard InChI is InChI=1S/C24H19F3N4O3/c25-24(26,27)17-2-1-3-19(11-17)34-20-7-4-15(10-16(20)13-28)14-33-21-12-22-30(18-5-6-18)8-9-31(22)23(32)29-21/h1-4,7,10-12,18H,5-6,8-9,14H2. The van der Waals surface area contributed by atoms with Crippen LogP contribution in [-0.4, -0.2) is 22.1 Å². The molecule has 0 unspecified atom stereocenters. The van der Waals surface area contributed by atoms with E-state index in [1.54, 1.807) is 16.7 Å². The summed E-state index contributed by atoms with van der Waals surface area (Å²) in [4.78, 5) is 18.5. The fourth-order valence-corrected chi connectivity index (χ4v) is 3.94. The van der Waals surface area contributed by atoms with Gasteiger partial charge in [0.25, 0.3) is 0 Å².